The molecule has 0 bridgehead atoms. The van der Waals surface area contributed by atoms with Crippen LogP contribution in [-0.4, -0.2) is 54.9 Å². The van der Waals surface area contributed by atoms with Crippen molar-refractivity contribution in [1.29, 1.82) is 0 Å². The van der Waals surface area contributed by atoms with E-state index in [1.54, 1.807) is 54.6 Å². The first-order valence-electron chi connectivity index (χ1n) is 11.4. The van der Waals surface area contributed by atoms with Gasteiger partial charge in [0, 0.05) is 18.9 Å². The van der Waals surface area contributed by atoms with Gasteiger partial charge < -0.3 is 24.1 Å². The zero-order valence-corrected chi connectivity index (χ0v) is 19.1. The third-order valence-corrected chi connectivity index (χ3v) is 5.57. The molecule has 0 amide bonds. The van der Waals surface area contributed by atoms with E-state index in [9.17, 15) is 14.7 Å². The average molecular weight is 457 g/mol. The monoisotopic (exact) mass is 456 g/mol. The van der Waals surface area contributed by atoms with E-state index in [-0.39, 0.29) is 13.0 Å². The third kappa shape index (κ3) is 7.12. The van der Waals surface area contributed by atoms with Gasteiger partial charge in [0.25, 0.3) is 0 Å². The van der Waals surface area contributed by atoms with E-state index in [1.165, 1.54) is 0 Å². The molecule has 1 fully saturated rings. The van der Waals surface area contributed by atoms with Gasteiger partial charge in [-0.25, -0.2) is 9.59 Å². The number of esters is 2. The number of ether oxygens (including phenoxy) is 4. The summed E-state index contributed by atoms with van der Waals surface area (Å²) in [5, 5.41) is 10.5. The Morgan fingerprint density at radius 1 is 0.970 bits per heavy atom. The summed E-state index contributed by atoms with van der Waals surface area (Å²) < 4.78 is 23.4. The van der Waals surface area contributed by atoms with Crippen LogP contribution in [0.3, 0.4) is 0 Å². The average Bonchev–Trinajstić information content (AvgIpc) is 2.84. The summed E-state index contributed by atoms with van der Waals surface area (Å²) >= 11 is 0. The molecule has 178 valence electrons. The van der Waals surface area contributed by atoms with Crippen molar-refractivity contribution in [2.45, 2.75) is 57.7 Å². The lowest BCUT2D eigenvalue weighted by atomic mass is 9.93. The number of rotatable bonds is 8. The highest BCUT2D eigenvalue weighted by atomic mass is 16.7. The van der Waals surface area contributed by atoms with E-state index < -0.39 is 42.5 Å². The van der Waals surface area contributed by atoms with Crippen LogP contribution in [0.25, 0.3) is 0 Å². The second-order valence-corrected chi connectivity index (χ2v) is 8.22. The first kappa shape index (κ1) is 24.9. The summed E-state index contributed by atoms with van der Waals surface area (Å²) in [5.41, 5.74) is 0.756. The molecule has 1 aliphatic rings. The van der Waals surface area contributed by atoms with Crippen molar-refractivity contribution in [3.8, 4) is 0 Å². The van der Waals surface area contributed by atoms with Crippen molar-refractivity contribution in [2.24, 2.45) is 5.92 Å². The fourth-order valence-electron chi connectivity index (χ4n) is 3.71. The summed E-state index contributed by atoms with van der Waals surface area (Å²) in [6, 6.07) is 17.2. The van der Waals surface area contributed by atoms with Crippen molar-refractivity contribution in [3.05, 3.63) is 71.8 Å². The Morgan fingerprint density at radius 2 is 1.55 bits per heavy atom. The van der Waals surface area contributed by atoms with Gasteiger partial charge in [-0.2, -0.15) is 0 Å². The van der Waals surface area contributed by atoms with Crippen LogP contribution in [0.2, 0.25) is 0 Å². The topological polar surface area (TPSA) is 91.3 Å². The van der Waals surface area contributed by atoms with Crippen LogP contribution < -0.4 is 0 Å². The molecule has 5 atom stereocenters. The number of carbonyl (C=O) groups excluding carboxylic acids is 2. The molecule has 0 spiro atoms. The number of aliphatic hydroxyl groups excluding tert-OH is 1. The number of aliphatic hydroxyl groups is 1. The van der Waals surface area contributed by atoms with Crippen LogP contribution in [-0.2, 0) is 18.9 Å². The van der Waals surface area contributed by atoms with Gasteiger partial charge in [0.05, 0.1) is 23.8 Å². The Kier molecular flexibility index (Phi) is 9.42. The molecule has 2 aromatic carbocycles. The van der Waals surface area contributed by atoms with E-state index in [0.29, 0.717) is 17.7 Å². The first-order valence-corrected chi connectivity index (χ1v) is 11.4. The van der Waals surface area contributed by atoms with E-state index in [0.717, 1.165) is 12.8 Å². The summed E-state index contributed by atoms with van der Waals surface area (Å²) in [7, 11) is 0. The lowest BCUT2D eigenvalue weighted by molar-refractivity contribution is -0.222. The van der Waals surface area contributed by atoms with Crippen LogP contribution in [0.5, 0.6) is 0 Å². The second kappa shape index (κ2) is 12.5. The smallest absolute Gasteiger partial charge is 0.338 e. The van der Waals surface area contributed by atoms with Gasteiger partial charge in [-0.05, 0) is 30.7 Å². The maximum atomic E-state index is 12.9. The molecule has 33 heavy (non-hydrogen) atoms. The van der Waals surface area contributed by atoms with Crippen LogP contribution in [0, 0.1) is 5.92 Å². The number of benzene rings is 2. The lowest BCUT2D eigenvalue weighted by Gasteiger charge is -2.38. The minimum absolute atomic E-state index is 0.0276. The van der Waals surface area contributed by atoms with Crippen molar-refractivity contribution in [3.63, 3.8) is 0 Å². The number of unbranched alkanes of at least 4 members (excludes halogenated alkanes) is 1. The standard InChI is InChI=1S/C26H32O7/c1-3-4-15-30-26-18(2)23(33-25(29)20-13-9-6-10-14-20)22(16-21(27)17-31-26)32-24(28)19-11-7-5-8-12-19/h5-14,18,21-23,26-27H,3-4,15-17H2,1-2H3. The molecule has 1 saturated heterocycles. The molecule has 0 saturated carbocycles. The highest BCUT2D eigenvalue weighted by molar-refractivity contribution is 5.90. The first-order chi connectivity index (χ1) is 16.0. The summed E-state index contributed by atoms with van der Waals surface area (Å²) in [5.74, 6) is -1.54. The highest BCUT2D eigenvalue weighted by Crippen LogP contribution is 2.28. The molecule has 3 rings (SSSR count). The van der Waals surface area contributed by atoms with Crippen LogP contribution >= 0.6 is 0 Å². The van der Waals surface area contributed by atoms with E-state index >= 15 is 0 Å². The van der Waals surface area contributed by atoms with Crippen molar-refractivity contribution in [1.82, 2.24) is 0 Å². The van der Waals surface area contributed by atoms with Crippen LogP contribution in [0.1, 0.15) is 53.8 Å². The molecular weight excluding hydrogens is 424 g/mol. The molecule has 7 nitrogen and oxygen atoms in total. The van der Waals surface area contributed by atoms with E-state index in [2.05, 4.69) is 6.92 Å². The molecule has 0 radical (unpaired) electrons. The second-order valence-electron chi connectivity index (χ2n) is 8.22. The number of carbonyl (C=O) groups is 2. The predicted molar refractivity (Wildman–Crippen MR) is 122 cm³/mol. The lowest BCUT2D eigenvalue weighted by Crippen LogP contribution is -2.49. The Hall–Kier alpha value is -2.74. The van der Waals surface area contributed by atoms with Gasteiger partial charge in [-0.1, -0.05) is 56.7 Å². The molecular formula is C26H32O7. The Morgan fingerprint density at radius 3 is 2.12 bits per heavy atom. The Balaban J connectivity index is 1.86. The maximum Gasteiger partial charge on any atom is 0.338 e. The predicted octanol–water partition coefficient (Wildman–Crippen LogP) is 4.00. The fraction of sp³-hybridized carbons (Fsp3) is 0.462. The van der Waals surface area contributed by atoms with Crippen LogP contribution in [0.4, 0.5) is 0 Å². The van der Waals surface area contributed by atoms with Gasteiger partial charge in [-0.15, -0.1) is 0 Å². The molecule has 1 aliphatic heterocycles. The maximum absolute atomic E-state index is 12.9. The summed E-state index contributed by atoms with van der Waals surface area (Å²) in [6.45, 7) is 4.38. The molecule has 1 N–H and O–H groups in total. The quantitative estimate of drug-likeness (QED) is 0.474. The Labute approximate surface area is 194 Å². The van der Waals surface area contributed by atoms with Gasteiger partial charge in [0.1, 0.15) is 12.2 Å². The zero-order valence-electron chi connectivity index (χ0n) is 19.1. The Bertz CT molecular complexity index is 871. The third-order valence-electron chi connectivity index (χ3n) is 5.57. The summed E-state index contributed by atoms with van der Waals surface area (Å²) in [4.78, 5) is 25.7. The SMILES string of the molecule is CCCCOC1OCC(O)CC(OC(=O)c2ccccc2)C(OC(=O)c2ccccc2)C1C. The van der Waals surface area contributed by atoms with E-state index in [4.69, 9.17) is 18.9 Å². The van der Waals surface area contributed by atoms with E-state index in [1.807, 2.05) is 13.0 Å². The van der Waals surface area contributed by atoms with Gasteiger partial charge in [0.2, 0.25) is 0 Å². The van der Waals surface area contributed by atoms with Gasteiger partial charge in [0.15, 0.2) is 6.29 Å². The number of hydrogen-bond donors (Lipinski definition) is 1. The molecule has 7 heteroatoms. The zero-order chi connectivity index (χ0) is 23.6. The van der Waals surface area contributed by atoms with Crippen LogP contribution in [0.15, 0.2) is 60.7 Å². The molecule has 0 aliphatic carbocycles. The number of hydrogen-bond acceptors (Lipinski definition) is 7. The normalized spacial score (nSPS) is 25.5. The molecule has 1 heterocycles. The van der Waals surface area contributed by atoms with Gasteiger partial charge >= 0.3 is 11.9 Å². The largest absolute Gasteiger partial charge is 0.455 e. The highest BCUT2D eigenvalue weighted by Gasteiger charge is 2.41. The summed E-state index contributed by atoms with van der Waals surface area (Å²) in [6.07, 6.45) is -1.54. The van der Waals surface area contributed by atoms with Crippen molar-refractivity contribution < 1.29 is 33.6 Å². The minimum Gasteiger partial charge on any atom is -0.455 e. The minimum atomic E-state index is -0.915. The molecule has 0 aromatic heterocycles. The molecule has 2 aromatic rings. The van der Waals surface area contributed by atoms with Crippen molar-refractivity contribution in [2.75, 3.05) is 13.2 Å². The van der Waals surface area contributed by atoms with Gasteiger partial charge in [-0.3, -0.25) is 0 Å². The fourth-order valence-corrected chi connectivity index (χ4v) is 3.71. The molecule has 5 unspecified atom stereocenters. The van der Waals surface area contributed by atoms with Crippen molar-refractivity contribution >= 4 is 11.9 Å².